The van der Waals surface area contributed by atoms with Crippen LogP contribution >= 0.6 is 0 Å². The van der Waals surface area contributed by atoms with Crippen molar-refractivity contribution in [3.8, 4) is 0 Å². The van der Waals surface area contributed by atoms with Crippen molar-refractivity contribution in [1.82, 2.24) is 5.32 Å². The molecule has 0 radical (unpaired) electrons. The van der Waals surface area contributed by atoms with E-state index in [0.29, 0.717) is 13.2 Å². The van der Waals surface area contributed by atoms with Gasteiger partial charge in [0.15, 0.2) is 0 Å². The quantitative estimate of drug-likeness (QED) is 0.683. The number of benzene rings is 1. The summed E-state index contributed by atoms with van der Waals surface area (Å²) in [5.41, 5.74) is 2.71. The minimum Gasteiger partial charge on any atom is -0.384 e. The topological polar surface area (TPSA) is 50.4 Å². The van der Waals surface area contributed by atoms with Crippen LogP contribution in [0.5, 0.6) is 0 Å². The second-order valence-electron chi connectivity index (χ2n) is 4.78. The summed E-state index contributed by atoms with van der Waals surface area (Å²) in [5, 5.41) is 6.24. The lowest BCUT2D eigenvalue weighted by atomic mass is 10.1. The summed E-state index contributed by atoms with van der Waals surface area (Å²) in [6.45, 7) is 8.98. The highest BCUT2D eigenvalue weighted by atomic mass is 16.5. The van der Waals surface area contributed by atoms with E-state index in [1.807, 2.05) is 32.0 Å². The molecule has 1 aromatic carbocycles. The Kier molecular flexibility index (Phi) is 7.73. The van der Waals surface area contributed by atoms with Gasteiger partial charge in [-0.2, -0.15) is 0 Å². The molecule has 1 rings (SSSR count). The fourth-order valence-corrected chi connectivity index (χ4v) is 1.88. The monoisotopic (exact) mass is 278 g/mol. The first-order chi connectivity index (χ1) is 9.69. The third kappa shape index (κ3) is 5.61. The Bertz CT molecular complexity index is 419. The summed E-state index contributed by atoms with van der Waals surface area (Å²) in [7, 11) is 0. The minimum atomic E-state index is -0.0243. The van der Waals surface area contributed by atoms with E-state index in [1.54, 1.807) is 0 Å². The van der Waals surface area contributed by atoms with E-state index in [1.165, 1.54) is 0 Å². The van der Waals surface area contributed by atoms with Crippen molar-refractivity contribution in [2.75, 3.05) is 31.6 Å². The lowest BCUT2D eigenvalue weighted by molar-refractivity contribution is 0.0945. The van der Waals surface area contributed by atoms with Crippen LogP contribution in [0.3, 0.4) is 0 Å². The molecule has 4 nitrogen and oxygen atoms in total. The largest absolute Gasteiger partial charge is 0.384 e. The Labute approximate surface area is 121 Å². The van der Waals surface area contributed by atoms with Crippen molar-refractivity contribution >= 4 is 11.6 Å². The highest BCUT2D eigenvalue weighted by Crippen LogP contribution is 2.17. The zero-order valence-corrected chi connectivity index (χ0v) is 12.8. The summed E-state index contributed by atoms with van der Waals surface area (Å²) in [4.78, 5) is 12.2. The molecule has 0 fully saturated rings. The number of hydrogen-bond donors (Lipinski definition) is 2. The Balaban J connectivity index is 2.58. The van der Waals surface area contributed by atoms with E-state index >= 15 is 0 Å². The first-order valence-electron chi connectivity index (χ1n) is 7.39. The summed E-state index contributed by atoms with van der Waals surface area (Å²) in [6.07, 6.45) is 1.87. The van der Waals surface area contributed by atoms with Crippen molar-refractivity contribution in [2.45, 2.75) is 33.6 Å². The number of carbonyl (C=O) groups is 1. The molecular formula is C16H26N2O2. The maximum atomic E-state index is 12.2. The normalized spacial score (nSPS) is 10.3. The zero-order valence-electron chi connectivity index (χ0n) is 12.8. The molecule has 0 bridgehead atoms. The summed E-state index contributed by atoms with van der Waals surface area (Å²) in [6, 6.07) is 5.92. The van der Waals surface area contributed by atoms with Gasteiger partial charge in [-0.3, -0.25) is 4.79 Å². The first kappa shape index (κ1) is 16.5. The Morgan fingerprint density at radius 2 is 2.05 bits per heavy atom. The van der Waals surface area contributed by atoms with Gasteiger partial charge in [0.25, 0.3) is 5.91 Å². The van der Waals surface area contributed by atoms with Crippen LogP contribution in [0.15, 0.2) is 18.2 Å². The average molecular weight is 278 g/mol. The summed E-state index contributed by atoms with van der Waals surface area (Å²) >= 11 is 0. The lowest BCUT2D eigenvalue weighted by Crippen LogP contribution is -2.26. The molecule has 0 heterocycles. The van der Waals surface area contributed by atoms with Gasteiger partial charge in [-0.05, 0) is 38.8 Å². The van der Waals surface area contributed by atoms with Gasteiger partial charge >= 0.3 is 0 Å². The predicted molar refractivity (Wildman–Crippen MR) is 83.4 cm³/mol. The first-order valence-corrected chi connectivity index (χ1v) is 7.39. The highest BCUT2D eigenvalue weighted by Gasteiger charge is 2.10. The van der Waals surface area contributed by atoms with Gasteiger partial charge in [0, 0.05) is 32.0 Å². The second kappa shape index (κ2) is 9.37. The fraction of sp³-hybridized carbons (Fsp3) is 0.562. The van der Waals surface area contributed by atoms with Crippen LogP contribution in [0.4, 0.5) is 5.69 Å². The Morgan fingerprint density at radius 3 is 2.75 bits per heavy atom. The molecule has 0 saturated carbocycles. The molecule has 0 spiro atoms. The van der Waals surface area contributed by atoms with Crippen molar-refractivity contribution in [3.05, 3.63) is 29.3 Å². The van der Waals surface area contributed by atoms with E-state index in [-0.39, 0.29) is 5.91 Å². The van der Waals surface area contributed by atoms with E-state index in [0.717, 1.165) is 42.8 Å². The molecule has 1 amide bonds. The van der Waals surface area contributed by atoms with Crippen molar-refractivity contribution in [1.29, 1.82) is 0 Å². The van der Waals surface area contributed by atoms with Crippen LogP contribution in [0.25, 0.3) is 0 Å². The number of hydrogen-bond acceptors (Lipinski definition) is 3. The number of amides is 1. The standard InChI is InChI=1S/C16H26N2O2/c1-4-9-17-15-8-7-13(3)12-14(15)16(19)18-10-6-11-20-5-2/h7-8,12,17H,4-6,9-11H2,1-3H3,(H,18,19). The van der Waals surface area contributed by atoms with E-state index in [9.17, 15) is 4.79 Å². The molecule has 20 heavy (non-hydrogen) atoms. The van der Waals surface area contributed by atoms with Crippen molar-refractivity contribution < 1.29 is 9.53 Å². The minimum absolute atomic E-state index is 0.0243. The maximum absolute atomic E-state index is 12.2. The average Bonchev–Trinajstić information content (AvgIpc) is 2.45. The van der Waals surface area contributed by atoms with Gasteiger partial charge in [0.2, 0.25) is 0 Å². The van der Waals surface area contributed by atoms with Crippen LogP contribution in [-0.4, -0.2) is 32.2 Å². The number of nitrogens with one attached hydrogen (secondary N) is 2. The smallest absolute Gasteiger partial charge is 0.253 e. The lowest BCUT2D eigenvalue weighted by Gasteiger charge is -2.12. The van der Waals surface area contributed by atoms with Crippen LogP contribution in [0, 0.1) is 6.92 Å². The molecular weight excluding hydrogens is 252 g/mol. The van der Waals surface area contributed by atoms with Crippen LogP contribution in [-0.2, 0) is 4.74 Å². The SMILES string of the molecule is CCCNc1ccc(C)cc1C(=O)NCCCOCC. The van der Waals surface area contributed by atoms with Crippen LogP contribution in [0.2, 0.25) is 0 Å². The number of anilines is 1. The Hall–Kier alpha value is -1.55. The molecule has 0 atom stereocenters. The molecule has 1 aromatic rings. The predicted octanol–water partition coefficient (Wildman–Crippen LogP) is 2.97. The van der Waals surface area contributed by atoms with E-state index in [4.69, 9.17) is 4.74 Å². The fourth-order valence-electron chi connectivity index (χ4n) is 1.88. The van der Waals surface area contributed by atoms with Gasteiger partial charge in [0.05, 0.1) is 5.56 Å². The number of ether oxygens (including phenoxy) is 1. The number of rotatable bonds is 9. The van der Waals surface area contributed by atoms with Gasteiger partial charge in [-0.25, -0.2) is 0 Å². The van der Waals surface area contributed by atoms with Crippen LogP contribution in [0.1, 0.15) is 42.6 Å². The van der Waals surface area contributed by atoms with Crippen LogP contribution < -0.4 is 10.6 Å². The molecule has 2 N–H and O–H groups in total. The van der Waals surface area contributed by atoms with Gasteiger partial charge in [-0.15, -0.1) is 0 Å². The van der Waals surface area contributed by atoms with E-state index in [2.05, 4.69) is 17.6 Å². The molecule has 0 aliphatic heterocycles. The number of aryl methyl sites for hydroxylation is 1. The third-order valence-corrected chi connectivity index (χ3v) is 2.94. The molecule has 112 valence electrons. The number of carbonyl (C=O) groups excluding carboxylic acids is 1. The molecule has 0 unspecified atom stereocenters. The van der Waals surface area contributed by atoms with Crippen molar-refractivity contribution in [3.63, 3.8) is 0 Å². The van der Waals surface area contributed by atoms with Crippen molar-refractivity contribution in [2.24, 2.45) is 0 Å². The van der Waals surface area contributed by atoms with Gasteiger partial charge in [-0.1, -0.05) is 18.6 Å². The zero-order chi connectivity index (χ0) is 14.8. The molecule has 0 aliphatic rings. The third-order valence-electron chi connectivity index (χ3n) is 2.94. The molecule has 0 aliphatic carbocycles. The molecule has 0 aromatic heterocycles. The Morgan fingerprint density at radius 1 is 1.25 bits per heavy atom. The maximum Gasteiger partial charge on any atom is 0.253 e. The summed E-state index contributed by atoms with van der Waals surface area (Å²) in [5.74, 6) is -0.0243. The highest BCUT2D eigenvalue weighted by molar-refractivity contribution is 5.99. The summed E-state index contributed by atoms with van der Waals surface area (Å²) < 4.78 is 5.25. The van der Waals surface area contributed by atoms with E-state index < -0.39 is 0 Å². The van der Waals surface area contributed by atoms with Gasteiger partial charge in [0.1, 0.15) is 0 Å². The second-order valence-corrected chi connectivity index (χ2v) is 4.78. The molecule has 0 saturated heterocycles. The molecule has 4 heteroatoms. The van der Waals surface area contributed by atoms with Gasteiger partial charge < -0.3 is 15.4 Å².